The number of ether oxygens (including phenoxy) is 1. The van der Waals surface area contributed by atoms with Gasteiger partial charge in [-0.3, -0.25) is 9.52 Å². The fourth-order valence-electron chi connectivity index (χ4n) is 3.24. The summed E-state index contributed by atoms with van der Waals surface area (Å²) in [6.07, 6.45) is 1.82. The maximum Gasteiger partial charge on any atom is 0.229 e. The third-order valence-electron chi connectivity index (χ3n) is 4.68. The van der Waals surface area contributed by atoms with Gasteiger partial charge in [-0.1, -0.05) is 17.7 Å². The fraction of sp³-hybridized carbons (Fsp3) is 0.350. The highest BCUT2D eigenvalue weighted by atomic mass is 35.5. The van der Waals surface area contributed by atoms with E-state index in [2.05, 4.69) is 10.0 Å². The van der Waals surface area contributed by atoms with Crippen molar-refractivity contribution in [3.63, 3.8) is 0 Å². The summed E-state index contributed by atoms with van der Waals surface area (Å²) in [5.41, 5.74) is 2.10. The Balaban J connectivity index is 1.57. The molecule has 1 aliphatic heterocycles. The molecule has 0 aliphatic carbocycles. The van der Waals surface area contributed by atoms with Crippen LogP contribution < -0.4 is 14.8 Å². The summed E-state index contributed by atoms with van der Waals surface area (Å²) in [5, 5.41) is 3.41. The van der Waals surface area contributed by atoms with Crippen molar-refractivity contribution in [3.05, 3.63) is 57.9 Å². The van der Waals surface area contributed by atoms with E-state index < -0.39 is 15.8 Å². The molecule has 0 spiro atoms. The zero-order valence-corrected chi connectivity index (χ0v) is 17.7. The van der Waals surface area contributed by atoms with Crippen molar-refractivity contribution in [2.24, 2.45) is 5.92 Å². The van der Waals surface area contributed by atoms with Gasteiger partial charge in [0.2, 0.25) is 15.9 Å². The van der Waals surface area contributed by atoms with Crippen molar-refractivity contribution < 1.29 is 22.3 Å². The molecule has 0 fully saturated rings. The van der Waals surface area contributed by atoms with Crippen LogP contribution in [-0.2, 0) is 27.7 Å². The lowest BCUT2D eigenvalue weighted by atomic mass is 9.96. The maximum atomic E-state index is 14.3. The quantitative estimate of drug-likeness (QED) is 0.723. The zero-order valence-electron chi connectivity index (χ0n) is 16.1. The average Bonchev–Trinajstić information content (AvgIpc) is 2.63. The van der Waals surface area contributed by atoms with Crippen LogP contribution in [0.4, 0.5) is 10.1 Å². The highest BCUT2D eigenvalue weighted by molar-refractivity contribution is 7.92. The van der Waals surface area contributed by atoms with Crippen molar-refractivity contribution in [2.75, 3.05) is 24.1 Å². The van der Waals surface area contributed by atoms with E-state index in [-0.39, 0.29) is 37.1 Å². The molecule has 29 heavy (non-hydrogen) atoms. The molecule has 1 heterocycles. The van der Waals surface area contributed by atoms with Gasteiger partial charge in [-0.2, -0.15) is 0 Å². The molecule has 1 aliphatic rings. The third kappa shape index (κ3) is 5.61. The zero-order chi connectivity index (χ0) is 21.2. The first-order valence-electron chi connectivity index (χ1n) is 9.08. The molecule has 1 atom stereocenters. The monoisotopic (exact) mass is 440 g/mol. The molecular formula is C20H22ClFN2O4S. The lowest BCUT2D eigenvalue weighted by Gasteiger charge is -2.24. The summed E-state index contributed by atoms with van der Waals surface area (Å²) in [6, 6.07) is 8.06. The van der Waals surface area contributed by atoms with Gasteiger partial charge >= 0.3 is 0 Å². The molecule has 2 aromatic rings. The lowest BCUT2D eigenvalue weighted by Crippen LogP contribution is -2.38. The number of sulfonamides is 1. The Morgan fingerprint density at radius 1 is 1.31 bits per heavy atom. The van der Waals surface area contributed by atoms with Crippen molar-refractivity contribution in [1.82, 2.24) is 5.32 Å². The molecule has 1 unspecified atom stereocenters. The van der Waals surface area contributed by atoms with Gasteiger partial charge in [0.25, 0.3) is 0 Å². The molecule has 2 aromatic carbocycles. The molecule has 0 radical (unpaired) electrons. The number of carbonyl (C=O) groups is 1. The van der Waals surface area contributed by atoms with Gasteiger partial charge in [0.1, 0.15) is 18.2 Å². The Kier molecular flexibility index (Phi) is 6.33. The van der Waals surface area contributed by atoms with Crippen LogP contribution in [0.15, 0.2) is 30.3 Å². The first kappa shape index (κ1) is 21.4. The van der Waals surface area contributed by atoms with Crippen LogP contribution in [0.2, 0.25) is 5.02 Å². The molecular weight excluding hydrogens is 419 g/mol. The van der Waals surface area contributed by atoms with Gasteiger partial charge in [-0.05, 0) is 60.7 Å². The number of hydrogen-bond acceptors (Lipinski definition) is 4. The summed E-state index contributed by atoms with van der Waals surface area (Å²) in [5.74, 6) is -0.295. The Bertz CT molecular complexity index is 1040. The van der Waals surface area contributed by atoms with Crippen molar-refractivity contribution in [2.45, 2.75) is 19.8 Å². The predicted octanol–water partition coefficient (Wildman–Crippen LogP) is 3.07. The number of amides is 1. The van der Waals surface area contributed by atoms with E-state index in [4.69, 9.17) is 16.3 Å². The first-order valence-corrected chi connectivity index (χ1v) is 11.3. The van der Waals surface area contributed by atoms with Gasteiger partial charge < -0.3 is 10.1 Å². The Hall–Kier alpha value is -2.32. The van der Waals surface area contributed by atoms with E-state index in [1.807, 2.05) is 0 Å². The Morgan fingerprint density at radius 3 is 2.79 bits per heavy atom. The van der Waals surface area contributed by atoms with Gasteiger partial charge in [-0.25, -0.2) is 12.8 Å². The van der Waals surface area contributed by atoms with E-state index in [0.29, 0.717) is 22.6 Å². The number of halogens is 2. The largest absolute Gasteiger partial charge is 0.492 e. The van der Waals surface area contributed by atoms with Crippen LogP contribution in [-0.4, -0.2) is 33.7 Å². The molecule has 156 valence electrons. The summed E-state index contributed by atoms with van der Waals surface area (Å²) < 4.78 is 44.9. The topological polar surface area (TPSA) is 84.5 Å². The third-order valence-corrected chi connectivity index (χ3v) is 5.51. The number of benzene rings is 2. The van der Waals surface area contributed by atoms with Gasteiger partial charge in [-0.15, -0.1) is 0 Å². The van der Waals surface area contributed by atoms with E-state index in [0.717, 1.165) is 23.6 Å². The molecule has 0 bridgehead atoms. The van der Waals surface area contributed by atoms with E-state index in [1.54, 1.807) is 31.2 Å². The number of carbonyl (C=O) groups excluding carboxylic acids is 1. The van der Waals surface area contributed by atoms with Gasteiger partial charge in [0.05, 0.1) is 17.9 Å². The number of fused-ring (bicyclic) bond motifs is 1. The van der Waals surface area contributed by atoms with Crippen LogP contribution in [0.25, 0.3) is 0 Å². The highest BCUT2D eigenvalue weighted by Gasteiger charge is 2.26. The number of anilines is 1. The predicted molar refractivity (Wildman–Crippen MR) is 110 cm³/mol. The van der Waals surface area contributed by atoms with Crippen LogP contribution in [0.5, 0.6) is 5.75 Å². The lowest BCUT2D eigenvalue weighted by molar-refractivity contribution is -0.126. The van der Waals surface area contributed by atoms with Crippen LogP contribution in [0.1, 0.15) is 16.7 Å². The Morgan fingerprint density at radius 2 is 2.07 bits per heavy atom. The molecule has 6 nitrogen and oxygen atoms in total. The van der Waals surface area contributed by atoms with Crippen molar-refractivity contribution in [1.29, 1.82) is 0 Å². The second-order valence-corrected chi connectivity index (χ2v) is 9.32. The van der Waals surface area contributed by atoms with E-state index in [9.17, 15) is 17.6 Å². The number of rotatable bonds is 6. The SMILES string of the molecule is Cc1cc(CCNC(=O)C2COc3ccc(Cl)cc3C2)c(F)cc1NS(C)(=O)=O. The van der Waals surface area contributed by atoms with Crippen LogP contribution in [0, 0.1) is 18.7 Å². The minimum absolute atomic E-state index is 0.164. The summed E-state index contributed by atoms with van der Waals surface area (Å²) in [4.78, 5) is 12.5. The van der Waals surface area contributed by atoms with Crippen LogP contribution in [0.3, 0.4) is 0 Å². The number of nitrogens with one attached hydrogen (secondary N) is 2. The second kappa shape index (κ2) is 8.59. The first-order chi connectivity index (χ1) is 13.6. The van der Waals surface area contributed by atoms with Gasteiger partial charge in [0, 0.05) is 11.6 Å². The molecule has 0 saturated carbocycles. The summed E-state index contributed by atoms with van der Waals surface area (Å²) in [7, 11) is -3.49. The minimum Gasteiger partial charge on any atom is -0.492 e. The number of hydrogen-bond donors (Lipinski definition) is 2. The van der Waals surface area contributed by atoms with E-state index in [1.165, 1.54) is 0 Å². The number of aryl methyl sites for hydroxylation is 1. The maximum absolute atomic E-state index is 14.3. The van der Waals surface area contributed by atoms with Crippen molar-refractivity contribution in [3.8, 4) is 5.75 Å². The van der Waals surface area contributed by atoms with Crippen LogP contribution >= 0.6 is 11.6 Å². The summed E-state index contributed by atoms with van der Waals surface area (Å²) in [6.45, 7) is 2.23. The van der Waals surface area contributed by atoms with Crippen molar-refractivity contribution >= 4 is 33.2 Å². The summed E-state index contributed by atoms with van der Waals surface area (Å²) >= 11 is 6.00. The Labute approximate surface area is 174 Å². The molecule has 0 saturated heterocycles. The molecule has 0 aromatic heterocycles. The average molecular weight is 441 g/mol. The van der Waals surface area contributed by atoms with E-state index >= 15 is 0 Å². The highest BCUT2D eigenvalue weighted by Crippen LogP contribution is 2.30. The minimum atomic E-state index is -3.49. The second-order valence-electron chi connectivity index (χ2n) is 7.14. The molecule has 3 rings (SSSR count). The molecule has 1 amide bonds. The van der Waals surface area contributed by atoms with Gasteiger partial charge in [0.15, 0.2) is 0 Å². The standard InChI is InChI=1S/C20H22ClFN2O4S/c1-12-7-13(17(22)10-18(12)24-29(2,26)27)5-6-23-20(25)15-8-14-9-16(21)3-4-19(14)28-11-15/h3-4,7,9-10,15,24H,5-6,8,11H2,1-2H3,(H,23,25). The molecule has 2 N–H and O–H groups in total. The normalized spacial score (nSPS) is 15.9. The fourth-order valence-corrected chi connectivity index (χ4v) is 4.05. The molecule has 9 heteroatoms. The smallest absolute Gasteiger partial charge is 0.229 e.